The van der Waals surface area contributed by atoms with Crippen LogP contribution in [0.4, 0.5) is 0 Å². The summed E-state index contributed by atoms with van der Waals surface area (Å²) in [6.45, 7) is 4.38. The maximum atomic E-state index is 8.01. The molecule has 0 N–H and O–H groups in total. The number of nitrogens with zero attached hydrogens (tertiary/aromatic N) is 5. The highest BCUT2D eigenvalue weighted by Crippen LogP contribution is 2.35. The van der Waals surface area contributed by atoms with Crippen LogP contribution in [0.3, 0.4) is 0 Å². The van der Waals surface area contributed by atoms with Crippen LogP contribution in [-0.4, -0.2) is 12.2 Å². The first-order valence-electron chi connectivity index (χ1n) is 3.16. The molecule has 1 aliphatic rings. The smallest absolute Gasteiger partial charge is 0.159 e. The Morgan fingerprint density at radius 2 is 2.20 bits per heavy atom. The highest BCUT2D eigenvalue weighted by molar-refractivity contribution is 4.97. The molecule has 1 heterocycles. The zero-order valence-electron chi connectivity index (χ0n) is 6.02. The van der Waals surface area contributed by atoms with Crippen LogP contribution in [0, 0.1) is 5.92 Å². The number of hydrogen-bond acceptors (Lipinski definition) is 3. The van der Waals surface area contributed by atoms with Crippen molar-refractivity contribution in [1.82, 2.24) is 0 Å². The number of azide groups is 1. The van der Waals surface area contributed by atoms with Gasteiger partial charge in [0.2, 0.25) is 0 Å². The van der Waals surface area contributed by atoms with Gasteiger partial charge >= 0.3 is 0 Å². The normalized spacial score (nSPS) is 18.7. The lowest BCUT2D eigenvalue weighted by Gasteiger charge is -2.09. The highest BCUT2D eigenvalue weighted by Gasteiger charge is 2.42. The van der Waals surface area contributed by atoms with E-state index in [-0.39, 0.29) is 5.66 Å². The molecule has 54 valence electrons. The Hall–Kier alpha value is -1.09. The van der Waals surface area contributed by atoms with Crippen LogP contribution in [0.5, 0.6) is 0 Å². The zero-order valence-corrected chi connectivity index (χ0v) is 6.02. The molecule has 0 saturated carbocycles. The molecule has 0 amide bonds. The lowest BCUT2D eigenvalue weighted by Crippen LogP contribution is -2.22. The Kier molecular flexibility index (Phi) is 1.59. The van der Waals surface area contributed by atoms with Gasteiger partial charge in [-0.3, -0.25) is 0 Å². The van der Waals surface area contributed by atoms with Crippen LogP contribution >= 0.6 is 0 Å². The number of rotatable bonds is 3. The van der Waals surface area contributed by atoms with E-state index in [1.807, 2.05) is 13.8 Å². The molecule has 1 rings (SSSR count). The second-order valence-corrected chi connectivity index (χ2v) is 2.62. The van der Waals surface area contributed by atoms with Gasteiger partial charge in [0, 0.05) is 10.8 Å². The maximum Gasteiger partial charge on any atom is 0.198 e. The summed E-state index contributed by atoms with van der Waals surface area (Å²) in [5.41, 5.74) is 7.65. The molecule has 0 fully saturated rings. The molecule has 10 heavy (non-hydrogen) atoms. The Morgan fingerprint density at radius 1 is 1.60 bits per heavy atom. The fraction of sp³-hybridized carbons (Fsp3) is 1.00. The quantitative estimate of drug-likeness (QED) is 0.326. The fourth-order valence-electron chi connectivity index (χ4n) is 0.677. The Labute approximate surface area is 58.8 Å². The summed E-state index contributed by atoms with van der Waals surface area (Å²) < 4.78 is 0. The van der Waals surface area contributed by atoms with Crippen molar-refractivity contribution >= 4 is 0 Å². The van der Waals surface area contributed by atoms with Crippen molar-refractivity contribution in [3.05, 3.63) is 10.4 Å². The molecule has 0 aliphatic carbocycles. The van der Waals surface area contributed by atoms with Crippen LogP contribution in [-0.2, 0) is 0 Å². The summed E-state index contributed by atoms with van der Waals surface area (Å²) in [5.74, 6) is 0.331. The molecule has 5 heteroatoms. The van der Waals surface area contributed by atoms with E-state index in [1.54, 1.807) is 0 Å². The third kappa shape index (κ3) is 1.09. The SMILES string of the molecule is CC(C)C1(CN=[N+]=[N-])N=N1. The summed E-state index contributed by atoms with van der Waals surface area (Å²) in [4.78, 5) is 2.65. The van der Waals surface area contributed by atoms with Gasteiger partial charge in [0.25, 0.3) is 0 Å². The maximum absolute atomic E-state index is 8.01. The second-order valence-electron chi connectivity index (χ2n) is 2.62. The Bertz CT molecular complexity index is 194. The van der Waals surface area contributed by atoms with Gasteiger partial charge in [0.1, 0.15) is 0 Å². The largest absolute Gasteiger partial charge is 0.198 e. The standard InChI is InChI=1S/C5H9N5/c1-4(2)5(8-9-5)3-7-10-6/h4H,3H2,1-2H3. The van der Waals surface area contributed by atoms with Crippen molar-refractivity contribution in [1.29, 1.82) is 0 Å². The van der Waals surface area contributed by atoms with Crippen molar-refractivity contribution in [3.8, 4) is 0 Å². The van der Waals surface area contributed by atoms with Gasteiger partial charge in [-0.25, -0.2) is 0 Å². The molecular weight excluding hydrogens is 130 g/mol. The van der Waals surface area contributed by atoms with Gasteiger partial charge in [0.05, 0.1) is 6.54 Å². The molecule has 1 aliphatic heterocycles. The molecule has 0 aromatic carbocycles. The minimum Gasteiger partial charge on any atom is -0.159 e. The van der Waals surface area contributed by atoms with Gasteiger partial charge in [-0.1, -0.05) is 19.0 Å². The summed E-state index contributed by atoms with van der Waals surface area (Å²) in [7, 11) is 0. The zero-order chi connectivity index (χ0) is 7.61. The Morgan fingerprint density at radius 3 is 2.50 bits per heavy atom. The van der Waals surface area contributed by atoms with E-state index in [1.165, 1.54) is 0 Å². The lowest BCUT2D eigenvalue weighted by molar-refractivity contribution is 0.442. The van der Waals surface area contributed by atoms with Crippen molar-refractivity contribution in [2.45, 2.75) is 19.5 Å². The van der Waals surface area contributed by atoms with Crippen molar-refractivity contribution in [3.63, 3.8) is 0 Å². The molecule has 0 radical (unpaired) electrons. The first-order chi connectivity index (χ1) is 4.71. The summed E-state index contributed by atoms with van der Waals surface area (Å²) in [6.07, 6.45) is 0. The molecule has 5 nitrogen and oxygen atoms in total. The third-order valence-corrected chi connectivity index (χ3v) is 1.65. The van der Waals surface area contributed by atoms with Gasteiger partial charge in [0.15, 0.2) is 5.66 Å². The summed E-state index contributed by atoms with van der Waals surface area (Å²) >= 11 is 0. The first-order valence-corrected chi connectivity index (χ1v) is 3.16. The van der Waals surface area contributed by atoms with Gasteiger partial charge in [-0.15, -0.1) is 0 Å². The first kappa shape index (κ1) is 7.02. The van der Waals surface area contributed by atoms with E-state index in [4.69, 9.17) is 5.53 Å². The number of hydrogen-bond donors (Lipinski definition) is 0. The van der Waals surface area contributed by atoms with Crippen molar-refractivity contribution < 1.29 is 0 Å². The minimum absolute atomic E-state index is 0.331. The molecule has 0 aromatic heterocycles. The molecule has 0 spiro atoms. The van der Waals surface area contributed by atoms with E-state index >= 15 is 0 Å². The van der Waals surface area contributed by atoms with Gasteiger partial charge in [-0.2, -0.15) is 10.2 Å². The van der Waals surface area contributed by atoms with Crippen LogP contribution in [0.25, 0.3) is 10.4 Å². The van der Waals surface area contributed by atoms with E-state index < -0.39 is 0 Å². The molecule has 0 atom stereocenters. The van der Waals surface area contributed by atoms with E-state index in [2.05, 4.69) is 20.3 Å². The van der Waals surface area contributed by atoms with E-state index in [0.29, 0.717) is 12.5 Å². The Balaban J connectivity index is 2.46. The van der Waals surface area contributed by atoms with Crippen LogP contribution in [0.1, 0.15) is 13.8 Å². The molecule has 0 unspecified atom stereocenters. The predicted octanol–water partition coefficient (Wildman–Crippen LogP) is 2.11. The van der Waals surface area contributed by atoms with Crippen molar-refractivity contribution in [2.24, 2.45) is 21.3 Å². The predicted molar refractivity (Wildman–Crippen MR) is 36.4 cm³/mol. The topological polar surface area (TPSA) is 73.5 Å². The van der Waals surface area contributed by atoms with Crippen LogP contribution in [0.15, 0.2) is 15.3 Å². The third-order valence-electron chi connectivity index (χ3n) is 1.65. The monoisotopic (exact) mass is 139 g/mol. The highest BCUT2D eigenvalue weighted by atomic mass is 15.5. The van der Waals surface area contributed by atoms with Crippen LogP contribution in [0.2, 0.25) is 0 Å². The molecular formula is C5H9N5. The fourth-order valence-corrected chi connectivity index (χ4v) is 0.677. The molecule has 0 bridgehead atoms. The average Bonchev–Trinajstić information content (AvgIpc) is 2.64. The molecule has 0 saturated heterocycles. The van der Waals surface area contributed by atoms with Gasteiger partial charge in [-0.05, 0) is 5.53 Å². The summed E-state index contributed by atoms with van der Waals surface area (Å²) in [6, 6.07) is 0. The van der Waals surface area contributed by atoms with Crippen LogP contribution < -0.4 is 0 Å². The van der Waals surface area contributed by atoms with Gasteiger partial charge < -0.3 is 0 Å². The van der Waals surface area contributed by atoms with E-state index in [9.17, 15) is 0 Å². The summed E-state index contributed by atoms with van der Waals surface area (Å²) in [5, 5.41) is 11.1. The van der Waals surface area contributed by atoms with Crippen molar-refractivity contribution in [2.75, 3.05) is 6.54 Å². The second kappa shape index (κ2) is 2.27. The average molecular weight is 139 g/mol. The molecule has 0 aromatic rings. The van der Waals surface area contributed by atoms with E-state index in [0.717, 1.165) is 0 Å². The lowest BCUT2D eigenvalue weighted by atomic mass is 10.0. The minimum atomic E-state index is -0.369.